The second-order valence-corrected chi connectivity index (χ2v) is 13.3. The minimum atomic E-state index is -2.21. The van der Waals surface area contributed by atoms with Crippen LogP contribution >= 0.6 is 23.4 Å². The number of anilines is 1. The van der Waals surface area contributed by atoms with Gasteiger partial charge in [-0.2, -0.15) is 0 Å². The van der Waals surface area contributed by atoms with Gasteiger partial charge >= 0.3 is 0 Å². The maximum absolute atomic E-state index is 17.5. The molecule has 5 aliphatic rings. The average Bonchev–Trinajstić information content (AvgIpc) is 3.39. The highest BCUT2D eigenvalue weighted by atomic mass is 35.5. The van der Waals surface area contributed by atoms with Crippen molar-refractivity contribution in [1.82, 2.24) is 0 Å². The van der Waals surface area contributed by atoms with Crippen LogP contribution in [0.25, 0.3) is 0 Å². The molecule has 4 aliphatic carbocycles. The molecule has 4 fully saturated rings. The summed E-state index contributed by atoms with van der Waals surface area (Å²) in [5, 5.41) is 13.6. The number of hydroxylamine groups is 1. The van der Waals surface area contributed by atoms with Crippen molar-refractivity contribution in [2.75, 3.05) is 17.4 Å². The number of hydrogen-bond donors (Lipinski definition) is 1. The molecule has 0 aromatic heterocycles. The molecule has 6 rings (SSSR count). The number of carbonyl (C=O) groups is 2. The molecule has 0 amide bonds. The van der Waals surface area contributed by atoms with Crippen LogP contribution in [0.2, 0.25) is 5.02 Å². The fourth-order valence-corrected chi connectivity index (χ4v) is 9.56. The van der Waals surface area contributed by atoms with Gasteiger partial charge in [0.1, 0.15) is 6.17 Å². The lowest BCUT2D eigenvalue weighted by Gasteiger charge is -2.63. The molecule has 9 heteroatoms. The van der Waals surface area contributed by atoms with E-state index in [2.05, 4.69) is 5.92 Å². The van der Waals surface area contributed by atoms with E-state index in [0.29, 0.717) is 18.0 Å². The van der Waals surface area contributed by atoms with Crippen LogP contribution in [-0.2, 0) is 14.4 Å². The van der Waals surface area contributed by atoms with Crippen LogP contribution in [0.1, 0.15) is 33.1 Å². The Hall–Kier alpha value is -2.18. The Balaban J connectivity index is 1.44. The highest BCUT2D eigenvalue weighted by Gasteiger charge is 2.79. The molecule has 0 spiro atoms. The van der Waals surface area contributed by atoms with E-state index in [4.69, 9.17) is 22.9 Å². The largest absolute Gasteiger partial charge is 0.390 e. The zero-order chi connectivity index (χ0) is 28.0. The van der Waals surface area contributed by atoms with E-state index in [-0.39, 0.29) is 41.0 Å². The van der Waals surface area contributed by atoms with E-state index in [0.717, 1.165) is 17.4 Å². The molecule has 1 N–H and O–H groups in total. The average molecular weight is 574 g/mol. The van der Waals surface area contributed by atoms with Crippen molar-refractivity contribution < 1.29 is 28.3 Å². The van der Waals surface area contributed by atoms with Crippen molar-refractivity contribution in [2.45, 2.75) is 56.7 Å². The van der Waals surface area contributed by atoms with Gasteiger partial charge in [-0.15, -0.1) is 6.42 Å². The summed E-state index contributed by atoms with van der Waals surface area (Å²) in [5.41, 5.74) is -5.28. The van der Waals surface area contributed by atoms with Crippen LogP contribution in [0.15, 0.2) is 48.1 Å². The molecule has 206 valence electrons. The van der Waals surface area contributed by atoms with Crippen LogP contribution in [0, 0.1) is 40.9 Å². The Morgan fingerprint density at radius 3 is 2.69 bits per heavy atom. The van der Waals surface area contributed by atoms with Gasteiger partial charge in [-0.1, -0.05) is 42.3 Å². The summed E-state index contributed by atoms with van der Waals surface area (Å²) < 4.78 is 33.3. The standard InChI is InChI=1S/C30H30ClF2NO4S/c1-4-11-39-26(37)30-17(16-34(38-30)19-7-5-18(31)6-8-19)12-21-22-14-24(32)23-13-20(35)9-10-27(23,2)29(22,33)25(36)15-28(21,30)3/h1,5-10,13,17,21-22,24-25,36H,11-12,14-16H2,2-3H3/t17-,21-,22-,24-,25-,27-,28-,29-,30-/m0/s1. The van der Waals surface area contributed by atoms with Gasteiger partial charge in [0, 0.05) is 27.7 Å². The second kappa shape index (κ2) is 8.91. The first kappa shape index (κ1) is 27.0. The molecule has 9 atom stereocenters. The Bertz CT molecular complexity index is 1350. The van der Waals surface area contributed by atoms with Gasteiger partial charge < -0.3 is 5.11 Å². The molecular formula is C30H30ClF2NO4S. The highest BCUT2D eigenvalue weighted by Crippen LogP contribution is 2.73. The minimum Gasteiger partial charge on any atom is -0.390 e. The van der Waals surface area contributed by atoms with Crippen LogP contribution < -0.4 is 5.06 Å². The smallest absolute Gasteiger partial charge is 0.225 e. The number of aliphatic hydroxyl groups excluding tert-OH is 1. The molecule has 39 heavy (non-hydrogen) atoms. The number of carbonyl (C=O) groups excluding carboxylic acids is 2. The monoisotopic (exact) mass is 573 g/mol. The maximum atomic E-state index is 17.5. The number of allylic oxidation sites excluding steroid dienone is 4. The van der Waals surface area contributed by atoms with E-state index in [1.54, 1.807) is 36.3 Å². The molecule has 1 aromatic rings. The number of terminal acetylenes is 1. The summed E-state index contributed by atoms with van der Waals surface area (Å²) in [6, 6.07) is 7.08. The first-order chi connectivity index (χ1) is 18.4. The number of thioether (sulfide) groups is 1. The molecular weight excluding hydrogens is 544 g/mol. The van der Waals surface area contributed by atoms with Gasteiger partial charge in [0.05, 0.1) is 24.1 Å². The van der Waals surface area contributed by atoms with Crippen LogP contribution in [0.4, 0.5) is 14.5 Å². The van der Waals surface area contributed by atoms with Crippen molar-refractivity contribution >= 4 is 39.9 Å². The molecule has 5 nitrogen and oxygen atoms in total. The van der Waals surface area contributed by atoms with Crippen molar-refractivity contribution in [1.29, 1.82) is 0 Å². The van der Waals surface area contributed by atoms with Crippen molar-refractivity contribution in [2.24, 2.45) is 28.6 Å². The predicted octanol–water partition coefficient (Wildman–Crippen LogP) is 5.27. The third-order valence-electron chi connectivity index (χ3n) is 10.3. The van der Waals surface area contributed by atoms with Gasteiger partial charge in [0.2, 0.25) is 5.12 Å². The van der Waals surface area contributed by atoms with E-state index in [1.165, 1.54) is 18.2 Å². The van der Waals surface area contributed by atoms with E-state index in [1.807, 2.05) is 6.92 Å². The van der Waals surface area contributed by atoms with Crippen LogP contribution in [0.5, 0.6) is 0 Å². The number of benzene rings is 1. The number of ketones is 1. The van der Waals surface area contributed by atoms with Crippen molar-refractivity contribution in [3.05, 3.63) is 53.1 Å². The second-order valence-electron chi connectivity index (χ2n) is 11.9. The lowest BCUT2D eigenvalue weighted by atomic mass is 9.44. The molecule has 1 aromatic carbocycles. The van der Waals surface area contributed by atoms with Gasteiger partial charge in [-0.3, -0.25) is 19.5 Å². The van der Waals surface area contributed by atoms with E-state index >= 15 is 8.78 Å². The molecule has 1 aliphatic heterocycles. The fraction of sp³-hybridized carbons (Fsp3) is 0.533. The number of fused-ring (bicyclic) bond motifs is 7. The lowest BCUT2D eigenvalue weighted by Crippen LogP contribution is -2.70. The number of rotatable bonds is 3. The van der Waals surface area contributed by atoms with Gasteiger partial charge in [0.15, 0.2) is 17.1 Å². The zero-order valence-electron chi connectivity index (χ0n) is 21.7. The van der Waals surface area contributed by atoms with Gasteiger partial charge in [0.25, 0.3) is 0 Å². The Morgan fingerprint density at radius 1 is 1.28 bits per heavy atom. The zero-order valence-corrected chi connectivity index (χ0v) is 23.3. The first-order valence-electron chi connectivity index (χ1n) is 13.2. The number of nitrogens with zero attached hydrogens (tertiary/aromatic N) is 1. The lowest BCUT2D eigenvalue weighted by molar-refractivity contribution is -0.225. The summed E-state index contributed by atoms with van der Waals surface area (Å²) in [6.07, 6.45) is 6.49. The molecule has 3 saturated carbocycles. The number of alkyl halides is 2. The quantitative estimate of drug-likeness (QED) is 0.497. The number of halogens is 3. The summed E-state index contributed by atoms with van der Waals surface area (Å²) >= 11 is 7.07. The molecule has 0 radical (unpaired) electrons. The molecule has 1 saturated heterocycles. The molecule has 0 bridgehead atoms. The van der Waals surface area contributed by atoms with Gasteiger partial charge in [-0.25, -0.2) is 8.78 Å². The number of hydrogen-bond acceptors (Lipinski definition) is 6. The predicted molar refractivity (Wildman–Crippen MR) is 146 cm³/mol. The van der Waals surface area contributed by atoms with E-state index in [9.17, 15) is 14.7 Å². The Labute approximate surface area is 235 Å². The third kappa shape index (κ3) is 3.40. The Kier molecular flexibility index (Phi) is 6.17. The fourth-order valence-electron chi connectivity index (χ4n) is 8.56. The van der Waals surface area contributed by atoms with Gasteiger partial charge in [-0.05, 0) is 74.1 Å². The first-order valence-corrected chi connectivity index (χ1v) is 14.6. The van der Waals surface area contributed by atoms with E-state index < -0.39 is 46.2 Å². The Morgan fingerprint density at radius 2 is 2.00 bits per heavy atom. The molecule has 1 heterocycles. The minimum absolute atomic E-state index is 0.0560. The summed E-state index contributed by atoms with van der Waals surface area (Å²) in [5.74, 6) is 0.596. The van der Waals surface area contributed by atoms with Crippen LogP contribution in [0.3, 0.4) is 0 Å². The van der Waals surface area contributed by atoms with Crippen LogP contribution in [-0.4, -0.2) is 51.8 Å². The maximum Gasteiger partial charge on any atom is 0.225 e. The third-order valence-corrected chi connectivity index (χ3v) is 11.5. The summed E-state index contributed by atoms with van der Waals surface area (Å²) in [6.45, 7) is 3.82. The van der Waals surface area contributed by atoms with Crippen molar-refractivity contribution in [3.63, 3.8) is 0 Å². The number of aliphatic hydroxyl groups is 1. The topological polar surface area (TPSA) is 66.8 Å². The normalized spacial score (nSPS) is 44.1. The SMILES string of the molecule is C#CCSC(=O)[C@@]12ON(c3ccc(Cl)cc3)C[C@@H]1C[C@H]1[C@@H]3C[C@H](F)C4=CC(=O)C=C[C@]4(C)[C@@]3(F)[C@@H](O)C[C@@]12C. The summed E-state index contributed by atoms with van der Waals surface area (Å²) in [4.78, 5) is 32.7. The summed E-state index contributed by atoms with van der Waals surface area (Å²) in [7, 11) is 0. The highest BCUT2D eigenvalue weighted by molar-refractivity contribution is 8.14. The van der Waals surface area contributed by atoms with Crippen molar-refractivity contribution in [3.8, 4) is 12.3 Å². The molecule has 0 unspecified atom stereocenters.